The monoisotopic (exact) mass is 290 g/mol. The summed E-state index contributed by atoms with van der Waals surface area (Å²) in [6.45, 7) is 1.92. The predicted molar refractivity (Wildman–Crippen MR) is 77.5 cm³/mol. The van der Waals surface area contributed by atoms with Crippen molar-refractivity contribution in [2.24, 2.45) is 0 Å². The highest BCUT2D eigenvalue weighted by Gasteiger charge is 2.13. The first-order valence-electron chi connectivity index (χ1n) is 5.93. The van der Waals surface area contributed by atoms with Gasteiger partial charge in [0.2, 0.25) is 5.91 Å². The summed E-state index contributed by atoms with van der Waals surface area (Å²) in [4.78, 5) is 24.2. The molecule has 5 nitrogen and oxygen atoms in total. The van der Waals surface area contributed by atoms with Crippen molar-refractivity contribution >= 4 is 29.3 Å². The van der Waals surface area contributed by atoms with Crippen LogP contribution in [-0.4, -0.2) is 17.6 Å². The molecule has 3 N–H and O–H groups in total. The second kappa shape index (κ2) is 6.29. The number of carbonyl (C=O) groups excluding carboxylic acids is 2. The van der Waals surface area contributed by atoms with Gasteiger partial charge in [0.1, 0.15) is 0 Å². The van der Waals surface area contributed by atoms with Gasteiger partial charge in [-0.25, -0.2) is 0 Å². The fourth-order valence-corrected chi connectivity index (χ4v) is 2.42. The molecule has 0 unspecified atom stereocenters. The third kappa shape index (κ3) is 3.64. The molecule has 6 heteroatoms. The quantitative estimate of drug-likeness (QED) is 0.666. The summed E-state index contributed by atoms with van der Waals surface area (Å²) < 4.78 is 4.91. The molecule has 2 rings (SSSR count). The Morgan fingerprint density at radius 2 is 2.15 bits per heavy atom. The summed E-state index contributed by atoms with van der Waals surface area (Å²) in [6.07, 6.45) is 1.38. The van der Waals surface area contributed by atoms with Crippen molar-refractivity contribution in [3.8, 4) is 0 Å². The lowest BCUT2D eigenvalue weighted by Crippen LogP contribution is -2.31. The first-order valence-corrected chi connectivity index (χ1v) is 6.91. The molecule has 0 atom stereocenters. The maximum absolute atomic E-state index is 11.7. The van der Waals surface area contributed by atoms with Gasteiger partial charge in [0.25, 0.3) is 5.91 Å². The van der Waals surface area contributed by atoms with Crippen LogP contribution in [0.1, 0.15) is 16.1 Å². The number of carbonyl (C=O) groups is 2. The Hall–Kier alpha value is -2.21. The van der Waals surface area contributed by atoms with Crippen molar-refractivity contribution in [1.29, 1.82) is 0 Å². The zero-order chi connectivity index (χ0) is 14.5. The lowest BCUT2D eigenvalue weighted by molar-refractivity contribution is -0.117. The molecule has 0 saturated heterocycles. The largest absolute Gasteiger partial charge is 0.459 e. The number of aryl methyl sites for hydroxylation is 1. The molecule has 1 aromatic carbocycles. The van der Waals surface area contributed by atoms with E-state index in [9.17, 15) is 9.59 Å². The Morgan fingerprint density at radius 3 is 2.80 bits per heavy atom. The normalized spacial score (nSPS) is 10.2. The molecule has 104 valence electrons. The molecule has 0 fully saturated rings. The molecular formula is C14H14N2O3S. The van der Waals surface area contributed by atoms with E-state index in [4.69, 9.17) is 10.2 Å². The molecule has 0 spiro atoms. The number of hydrogen-bond acceptors (Lipinski definition) is 5. The van der Waals surface area contributed by atoms with E-state index >= 15 is 0 Å². The molecule has 0 saturated carbocycles. The molecule has 20 heavy (non-hydrogen) atoms. The van der Waals surface area contributed by atoms with Crippen LogP contribution in [0.5, 0.6) is 0 Å². The van der Waals surface area contributed by atoms with Crippen molar-refractivity contribution in [3.05, 3.63) is 47.9 Å². The Labute approximate surface area is 120 Å². The number of nitrogens with two attached hydrogens (primary N) is 1. The number of nitrogens with one attached hydrogen (secondary N) is 1. The predicted octanol–water partition coefficient (Wildman–Crippen LogP) is 2.22. The van der Waals surface area contributed by atoms with E-state index in [1.54, 1.807) is 12.1 Å². The highest BCUT2D eigenvalue weighted by molar-refractivity contribution is 8.00. The molecule has 2 aromatic rings. The number of benzene rings is 1. The van der Waals surface area contributed by atoms with E-state index in [1.165, 1.54) is 24.1 Å². The number of rotatable bonds is 4. The number of anilines is 1. The van der Waals surface area contributed by atoms with Gasteiger partial charge >= 0.3 is 0 Å². The Bertz CT molecular complexity index is 623. The van der Waals surface area contributed by atoms with Gasteiger partial charge in [-0.15, -0.1) is 11.8 Å². The number of hydrogen-bond donors (Lipinski definition) is 2. The van der Waals surface area contributed by atoms with Crippen LogP contribution in [0.2, 0.25) is 0 Å². The van der Waals surface area contributed by atoms with Crippen LogP contribution in [-0.2, 0) is 4.79 Å². The van der Waals surface area contributed by atoms with Gasteiger partial charge in [-0.1, -0.05) is 0 Å². The summed E-state index contributed by atoms with van der Waals surface area (Å²) in [7, 11) is 0. The van der Waals surface area contributed by atoms with Crippen LogP contribution in [0.25, 0.3) is 0 Å². The first-order chi connectivity index (χ1) is 9.56. The topological polar surface area (TPSA) is 85.3 Å². The zero-order valence-corrected chi connectivity index (χ0v) is 11.7. The maximum atomic E-state index is 11.7. The van der Waals surface area contributed by atoms with Crippen LogP contribution in [0.3, 0.4) is 0 Å². The Kier molecular flexibility index (Phi) is 4.47. The first kappa shape index (κ1) is 14.2. The molecule has 1 aromatic heterocycles. The summed E-state index contributed by atoms with van der Waals surface area (Å²) >= 11 is 1.35. The molecule has 0 aliphatic carbocycles. The minimum absolute atomic E-state index is 0.118. The van der Waals surface area contributed by atoms with E-state index in [2.05, 4.69) is 5.32 Å². The van der Waals surface area contributed by atoms with E-state index in [-0.39, 0.29) is 17.4 Å². The Balaban J connectivity index is 1.88. The molecule has 2 amide bonds. The van der Waals surface area contributed by atoms with Gasteiger partial charge in [-0.2, -0.15) is 0 Å². The van der Waals surface area contributed by atoms with Crippen LogP contribution in [0.4, 0.5) is 5.69 Å². The third-order valence-corrected chi connectivity index (χ3v) is 3.73. The van der Waals surface area contributed by atoms with Gasteiger partial charge in [0, 0.05) is 10.6 Å². The van der Waals surface area contributed by atoms with Gasteiger partial charge in [0.05, 0.1) is 12.0 Å². The summed E-state index contributed by atoms with van der Waals surface area (Å²) in [5.41, 5.74) is 7.34. The number of furan rings is 1. The van der Waals surface area contributed by atoms with E-state index in [0.29, 0.717) is 5.69 Å². The van der Waals surface area contributed by atoms with Crippen molar-refractivity contribution in [2.45, 2.75) is 11.8 Å². The summed E-state index contributed by atoms with van der Waals surface area (Å²) in [5.74, 6) is -0.633. The fraction of sp³-hybridized carbons (Fsp3) is 0.143. The molecule has 0 bridgehead atoms. The van der Waals surface area contributed by atoms with Crippen LogP contribution in [0.15, 0.2) is 45.9 Å². The van der Waals surface area contributed by atoms with Gasteiger partial charge < -0.3 is 10.2 Å². The smallest absolute Gasteiger partial charge is 0.293 e. The van der Waals surface area contributed by atoms with E-state index in [1.807, 2.05) is 19.1 Å². The van der Waals surface area contributed by atoms with E-state index in [0.717, 1.165) is 10.5 Å². The lowest BCUT2D eigenvalue weighted by atomic mass is 10.2. The second-order valence-electron chi connectivity index (χ2n) is 4.17. The van der Waals surface area contributed by atoms with Gasteiger partial charge in [-0.3, -0.25) is 14.9 Å². The number of nitrogen functional groups attached to an aromatic ring is 1. The molecule has 0 aliphatic rings. The average Bonchev–Trinajstić information content (AvgIpc) is 2.91. The highest BCUT2D eigenvalue weighted by Crippen LogP contribution is 2.23. The number of thioether (sulfide) groups is 1. The second-order valence-corrected chi connectivity index (χ2v) is 5.19. The Morgan fingerprint density at radius 1 is 1.35 bits per heavy atom. The minimum Gasteiger partial charge on any atom is -0.459 e. The van der Waals surface area contributed by atoms with Crippen LogP contribution in [0, 0.1) is 6.92 Å². The molecule has 0 aliphatic heterocycles. The zero-order valence-electron chi connectivity index (χ0n) is 10.9. The van der Waals surface area contributed by atoms with Gasteiger partial charge in [0.15, 0.2) is 5.76 Å². The van der Waals surface area contributed by atoms with Crippen LogP contribution >= 0.6 is 11.8 Å². The van der Waals surface area contributed by atoms with Crippen molar-refractivity contribution in [3.63, 3.8) is 0 Å². The van der Waals surface area contributed by atoms with Crippen molar-refractivity contribution in [2.75, 3.05) is 11.5 Å². The number of imide groups is 1. The van der Waals surface area contributed by atoms with Crippen molar-refractivity contribution in [1.82, 2.24) is 5.32 Å². The minimum atomic E-state index is -0.533. The summed E-state index contributed by atoms with van der Waals surface area (Å²) in [5, 5.41) is 2.27. The molecular weight excluding hydrogens is 276 g/mol. The molecule has 0 radical (unpaired) electrons. The van der Waals surface area contributed by atoms with E-state index < -0.39 is 5.91 Å². The highest BCUT2D eigenvalue weighted by atomic mass is 32.2. The van der Waals surface area contributed by atoms with Crippen LogP contribution < -0.4 is 11.1 Å². The van der Waals surface area contributed by atoms with Gasteiger partial charge in [-0.05, 0) is 42.8 Å². The lowest BCUT2D eigenvalue weighted by Gasteiger charge is -2.06. The molecule has 1 heterocycles. The third-order valence-electron chi connectivity index (χ3n) is 2.56. The maximum Gasteiger partial charge on any atom is 0.293 e. The fourth-order valence-electron chi connectivity index (χ4n) is 1.61. The summed E-state index contributed by atoms with van der Waals surface area (Å²) in [6, 6.07) is 8.57. The van der Waals surface area contributed by atoms with Crippen molar-refractivity contribution < 1.29 is 14.0 Å². The standard InChI is InChI=1S/C14H14N2O3S/c1-9-7-10(15)4-5-12(9)20-8-13(17)16-14(18)11-3-2-6-19-11/h2-7H,8,15H2,1H3,(H,16,17,18). The average molecular weight is 290 g/mol. The SMILES string of the molecule is Cc1cc(N)ccc1SCC(=O)NC(=O)c1ccco1. The number of amides is 2.